The van der Waals surface area contributed by atoms with Crippen molar-refractivity contribution >= 4 is 11.3 Å². The van der Waals surface area contributed by atoms with Crippen LogP contribution < -0.4 is 5.32 Å². The molecule has 15 heavy (non-hydrogen) atoms. The van der Waals surface area contributed by atoms with Gasteiger partial charge in [-0.3, -0.25) is 0 Å². The van der Waals surface area contributed by atoms with Crippen LogP contribution in [0, 0.1) is 19.8 Å². The van der Waals surface area contributed by atoms with Crippen LogP contribution >= 0.6 is 11.3 Å². The largest absolute Gasteiger partial charge is 0.311 e. The SMILES string of the molecule is CNC(c1nc(C)c(C)s1)C1CCCC1. The highest BCUT2D eigenvalue weighted by Gasteiger charge is 2.27. The van der Waals surface area contributed by atoms with Crippen LogP contribution in [0.4, 0.5) is 0 Å². The van der Waals surface area contributed by atoms with Gasteiger partial charge in [0, 0.05) is 4.88 Å². The Bertz CT molecular complexity index is 307. The van der Waals surface area contributed by atoms with Gasteiger partial charge in [0.25, 0.3) is 0 Å². The molecule has 0 aromatic carbocycles. The van der Waals surface area contributed by atoms with Crippen LogP contribution in [0.2, 0.25) is 0 Å². The number of aryl methyl sites for hydroxylation is 2. The maximum Gasteiger partial charge on any atom is 0.110 e. The average Bonchev–Trinajstić information content (AvgIpc) is 2.80. The van der Waals surface area contributed by atoms with Gasteiger partial charge in [0.1, 0.15) is 5.01 Å². The summed E-state index contributed by atoms with van der Waals surface area (Å²) in [5, 5.41) is 4.74. The molecule has 0 aliphatic heterocycles. The zero-order valence-corrected chi connectivity index (χ0v) is 10.7. The molecule has 1 saturated carbocycles. The fourth-order valence-corrected chi connectivity index (χ4v) is 3.61. The lowest BCUT2D eigenvalue weighted by Crippen LogP contribution is -2.23. The van der Waals surface area contributed by atoms with Crippen LogP contribution in [-0.4, -0.2) is 12.0 Å². The second kappa shape index (κ2) is 4.62. The predicted molar refractivity (Wildman–Crippen MR) is 65.3 cm³/mol. The zero-order chi connectivity index (χ0) is 10.8. The quantitative estimate of drug-likeness (QED) is 0.852. The summed E-state index contributed by atoms with van der Waals surface area (Å²) in [6.07, 6.45) is 5.52. The van der Waals surface area contributed by atoms with Crippen LogP contribution in [0.5, 0.6) is 0 Å². The van der Waals surface area contributed by atoms with Crippen molar-refractivity contribution in [3.63, 3.8) is 0 Å². The molecular formula is C12H20N2S. The third kappa shape index (κ3) is 2.23. The highest BCUT2D eigenvalue weighted by Crippen LogP contribution is 2.37. The van der Waals surface area contributed by atoms with Crippen molar-refractivity contribution in [2.45, 2.75) is 45.6 Å². The molecule has 0 bridgehead atoms. The molecular weight excluding hydrogens is 204 g/mol. The van der Waals surface area contributed by atoms with Gasteiger partial charge in [0.05, 0.1) is 11.7 Å². The molecule has 1 unspecified atom stereocenters. The van der Waals surface area contributed by atoms with Crippen molar-refractivity contribution in [2.75, 3.05) is 7.05 Å². The first-order valence-corrected chi connectivity index (χ1v) is 6.65. The third-order valence-electron chi connectivity index (χ3n) is 3.49. The van der Waals surface area contributed by atoms with Crippen molar-refractivity contribution in [2.24, 2.45) is 5.92 Å². The van der Waals surface area contributed by atoms with Crippen LogP contribution in [0.25, 0.3) is 0 Å². The Morgan fingerprint density at radius 3 is 2.47 bits per heavy atom. The number of hydrogen-bond acceptors (Lipinski definition) is 3. The van der Waals surface area contributed by atoms with E-state index in [1.54, 1.807) is 0 Å². The van der Waals surface area contributed by atoms with Gasteiger partial charge in [-0.1, -0.05) is 12.8 Å². The molecule has 1 aliphatic rings. The van der Waals surface area contributed by atoms with Gasteiger partial charge in [-0.2, -0.15) is 0 Å². The van der Waals surface area contributed by atoms with E-state index in [1.807, 2.05) is 11.3 Å². The second-order valence-electron chi connectivity index (χ2n) is 4.50. The van der Waals surface area contributed by atoms with Gasteiger partial charge >= 0.3 is 0 Å². The van der Waals surface area contributed by atoms with Crippen LogP contribution in [-0.2, 0) is 0 Å². The number of nitrogens with one attached hydrogen (secondary N) is 1. The first-order valence-electron chi connectivity index (χ1n) is 5.83. The standard InChI is InChI=1S/C12H20N2S/c1-8-9(2)15-12(14-8)11(13-3)10-6-4-5-7-10/h10-11,13H,4-7H2,1-3H3. The van der Waals surface area contributed by atoms with Crippen LogP contribution in [0.15, 0.2) is 0 Å². The van der Waals surface area contributed by atoms with E-state index in [-0.39, 0.29) is 0 Å². The molecule has 3 heteroatoms. The van der Waals surface area contributed by atoms with Crippen molar-refractivity contribution in [1.82, 2.24) is 10.3 Å². The van der Waals surface area contributed by atoms with E-state index in [4.69, 9.17) is 0 Å². The smallest absolute Gasteiger partial charge is 0.110 e. The summed E-state index contributed by atoms with van der Waals surface area (Å²) >= 11 is 1.86. The van der Waals surface area contributed by atoms with Crippen molar-refractivity contribution in [3.05, 3.63) is 15.6 Å². The summed E-state index contributed by atoms with van der Waals surface area (Å²) in [5.41, 5.74) is 1.20. The van der Waals surface area contributed by atoms with E-state index >= 15 is 0 Å². The Hall–Kier alpha value is -0.410. The minimum absolute atomic E-state index is 0.491. The summed E-state index contributed by atoms with van der Waals surface area (Å²) < 4.78 is 0. The normalized spacial score (nSPS) is 19.7. The molecule has 1 heterocycles. The molecule has 1 aromatic rings. The van der Waals surface area contributed by atoms with E-state index in [2.05, 4.69) is 31.2 Å². The molecule has 1 atom stereocenters. The predicted octanol–water partition coefficient (Wildman–Crippen LogP) is 3.21. The average molecular weight is 224 g/mol. The molecule has 0 saturated heterocycles. The number of thiazole rings is 1. The molecule has 1 aliphatic carbocycles. The fraction of sp³-hybridized carbons (Fsp3) is 0.750. The molecule has 0 radical (unpaired) electrons. The summed E-state index contributed by atoms with van der Waals surface area (Å²) in [7, 11) is 2.06. The summed E-state index contributed by atoms with van der Waals surface area (Å²) in [4.78, 5) is 6.05. The lowest BCUT2D eigenvalue weighted by Gasteiger charge is -2.20. The number of aromatic nitrogens is 1. The third-order valence-corrected chi connectivity index (χ3v) is 4.65. The highest BCUT2D eigenvalue weighted by molar-refractivity contribution is 7.11. The first kappa shape index (κ1) is 11.1. The number of rotatable bonds is 3. The maximum absolute atomic E-state index is 4.68. The van der Waals surface area contributed by atoms with Gasteiger partial charge in [-0.05, 0) is 39.7 Å². The molecule has 0 amide bonds. The van der Waals surface area contributed by atoms with Gasteiger partial charge in [0.2, 0.25) is 0 Å². The maximum atomic E-state index is 4.68. The second-order valence-corrected chi connectivity index (χ2v) is 5.74. The van der Waals surface area contributed by atoms with E-state index in [0.29, 0.717) is 6.04 Å². The monoisotopic (exact) mass is 224 g/mol. The molecule has 1 N–H and O–H groups in total. The van der Waals surface area contributed by atoms with Crippen molar-refractivity contribution in [3.8, 4) is 0 Å². The minimum atomic E-state index is 0.491. The lowest BCUT2D eigenvalue weighted by molar-refractivity contribution is 0.389. The molecule has 0 spiro atoms. The van der Waals surface area contributed by atoms with E-state index in [0.717, 1.165) is 5.92 Å². The molecule has 2 nitrogen and oxygen atoms in total. The Kier molecular flexibility index (Phi) is 3.42. The van der Waals surface area contributed by atoms with Crippen LogP contribution in [0.3, 0.4) is 0 Å². The van der Waals surface area contributed by atoms with Crippen molar-refractivity contribution in [1.29, 1.82) is 0 Å². The van der Waals surface area contributed by atoms with Crippen molar-refractivity contribution < 1.29 is 0 Å². The summed E-state index contributed by atoms with van der Waals surface area (Å²) in [6.45, 7) is 4.27. The van der Waals surface area contributed by atoms with E-state index in [1.165, 1.54) is 41.3 Å². The number of hydrogen-bond donors (Lipinski definition) is 1. The van der Waals surface area contributed by atoms with Crippen LogP contribution in [0.1, 0.15) is 47.3 Å². The van der Waals surface area contributed by atoms with Gasteiger partial charge in [-0.15, -0.1) is 11.3 Å². The number of nitrogens with zero attached hydrogens (tertiary/aromatic N) is 1. The Balaban J connectivity index is 2.18. The summed E-state index contributed by atoms with van der Waals surface area (Å²) in [5.74, 6) is 0.806. The van der Waals surface area contributed by atoms with E-state index in [9.17, 15) is 0 Å². The van der Waals surface area contributed by atoms with Gasteiger partial charge in [-0.25, -0.2) is 4.98 Å². The zero-order valence-electron chi connectivity index (χ0n) is 9.84. The summed E-state index contributed by atoms with van der Waals surface area (Å²) in [6, 6.07) is 0.491. The minimum Gasteiger partial charge on any atom is -0.311 e. The van der Waals surface area contributed by atoms with Gasteiger partial charge < -0.3 is 5.32 Å². The molecule has 84 valence electrons. The topological polar surface area (TPSA) is 24.9 Å². The highest BCUT2D eigenvalue weighted by atomic mass is 32.1. The Morgan fingerprint density at radius 2 is 2.00 bits per heavy atom. The first-order chi connectivity index (χ1) is 7.22. The Labute approximate surface area is 96.1 Å². The molecule has 1 aromatic heterocycles. The van der Waals surface area contributed by atoms with E-state index < -0.39 is 0 Å². The fourth-order valence-electron chi connectivity index (χ4n) is 2.48. The molecule has 1 fully saturated rings. The van der Waals surface area contributed by atoms with Gasteiger partial charge in [0.15, 0.2) is 0 Å². The Morgan fingerprint density at radius 1 is 1.33 bits per heavy atom. The lowest BCUT2D eigenvalue weighted by atomic mass is 9.99. The molecule has 2 rings (SSSR count).